The molecule has 7 heteroatoms. The fraction of sp³-hybridized carbons (Fsp3) is 0.300. The van der Waals surface area contributed by atoms with Crippen molar-refractivity contribution in [3.05, 3.63) is 70.0 Å². The van der Waals surface area contributed by atoms with E-state index in [0.29, 0.717) is 38.2 Å². The summed E-state index contributed by atoms with van der Waals surface area (Å²) in [6.07, 6.45) is 0.644. The number of halogens is 2. The van der Waals surface area contributed by atoms with Crippen LogP contribution in [-0.4, -0.2) is 52.9 Å². The molecule has 0 unspecified atom stereocenters. The fourth-order valence-electron chi connectivity index (χ4n) is 3.09. The van der Waals surface area contributed by atoms with Crippen molar-refractivity contribution in [3.63, 3.8) is 0 Å². The highest BCUT2D eigenvalue weighted by atomic mass is 35.5. The number of nitrogens with zero attached hydrogens (tertiary/aromatic N) is 2. The Morgan fingerprint density at radius 1 is 0.963 bits per heavy atom. The molecule has 1 aliphatic rings. The van der Waals surface area contributed by atoms with Crippen LogP contribution < -0.4 is 0 Å². The first-order valence-corrected chi connectivity index (χ1v) is 9.11. The van der Waals surface area contributed by atoms with E-state index < -0.39 is 5.82 Å². The fourth-order valence-corrected chi connectivity index (χ4v) is 3.34. The van der Waals surface area contributed by atoms with Crippen molar-refractivity contribution in [2.75, 3.05) is 26.2 Å². The summed E-state index contributed by atoms with van der Waals surface area (Å²) in [6.45, 7) is 1.76. The molecule has 142 valence electrons. The van der Waals surface area contributed by atoms with Gasteiger partial charge in [-0.2, -0.15) is 0 Å². The summed E-state index contributed by atoms with van der Waals surface area (Å²) in [6, 6.07) is 10.5. The third kappa shape index (κ3) is 4.46. The maximum atomic E-state index is 13.2. The second-order valence-corrected chi connectivity index (χ2v) is 6.82. The van der Waals surface area contributed by atoms with Crippen LogP contribution >= 0.6 is 11.6 Å². The largest absolute Gasteiger partial charge is 0.392 e. The normalized spacial score (nSPS) is 14.8. The molecule has 1 saturated heterocycles. The first-order valence-electron chi connectivity index (χ1n) is 8.73. The molecule has 1 N–H and O–H groups in total. The second kappa shape index (κ2) is 8.50. The Labute approximate surface area is 162 Å². The molecule has 0 atom stereocenters. The van der Waals surface area contributed by atoms with Crippen LogP contribution in [-0.2, 0) is 6.61 Å². The summed E-state index contributed by atoms with van der Waals surface area (Å²) in [7, 11) is 0. The zero-order chi connectivity index (χ0) is 19.4. The van der Waals surface area contributed by atoms with Gasteiger partial charge in [0.15, 0.2) is 0 Å². The second-order valence-electron chi connectivity index (χ2n) is 6.42. The van der Waals surface area contributed by atoms with Crippen molar-refractivity contribution in [3.8, 4) is 0 Å². The van der Waals surface area contributed by atoms with E-state index in [0.717, 1.165) is 11.6 Å². The minimum absolute atomic E-state index is 0.0683. The van der Waals surface area contributed by atoms with Gasteiger partial charge in [-0.1, -0.05) is 23.7 Å². The predicted molar refractivity (Wildman–Crippen MR) is 100 cm³/mol. The number of carbonyl (C=O) groups is 2. The number of benzene rings is 2. The maximum absolute atomic E-state index is 13.2. The summed E-state index contributed by atoms with van der Waals surface area (Å²) < 4.78 is 13.2. The van der Waals surface area contributed by atoms with E-state index in [1.54, 1.807) is 34.1 Å². The van der Waals surface area contributed by atoms with E-state index in [-0.39, 0.29) is 29.0 Å². The van der Waals surface area contributed by atoms with Gasteiger partial charge < -0.3 is 14.9 Å². The summed E-state index contributed by atoms with van der Waals surface area (Å²) in [4.78, 5) is 28.7. The Hall–Kier alpha value is -2.44. The smallest absolute Gasteiger partial charge is 0.255 e. The zero-order valence-corrected chi connectivity index (χ0v) is 15.5. The minimum Gasteiger partial charge on any atom is -0.392 e. The maximum Gasteiger partial charge on any atom is 0.255 e. The number of aliphatic hydroxyl groups is 1. The lowest BCUT2D eigenvalue weighted by molar-refractivity contribution is 0.0718. The van der Waals surface area contributed by atoms with Crippen LogP contribution in [0, 0.1) is 5.82 Å². The molecule has 0 aromatic heterocycles. The molecule has 0 saturated carbocycles. The molecule has 1 aliphatic heterocycles. The Balaban J connectivity index is 1.67. The molecule has 5 nitrogen and oxygen atoms in total. The first kappa shape index (κ1) is 19.3. The number of carbonyl (C=O) groups excluding carboxylic acids is 2. The summed E-state index contributed by atoms with van der Waals surface area (Å²) in [5.41, 5.74) is 1.56. The predicted octanol–water partition coefficient (Wildman–Crippen LogP) is 2.96. The van der Waals surface area contributed by atoms with Crippen molar-refractivity contribution in [1.29, 1.82) is 0 Å². The number of hydrogen-bond donors (Lipinski definition) is 1. The molecule has 1 fully saturated rings. The van der Waals surface area contributed by atoms with Crippen molar-refractivity contribution in [2.45, 2.75) is 13.0 Å². The van der Waals surface area contributed by atoms with Crippen LogP contribution in [0.1, 0.15) is 32.7 Å². The molecule has 2 amide bonds. The number of amides is 2. The molecular weight excluding hydrogens is 371 g/mol. The monoisotopic (exact) mass is 390 g/mol. The Morgan fingerprint density at radius 3 is 2.19 bits per heavy atom. The molecule has 0 spiro atoms. The summed E-state index contributed by atoms with van der Waals surface area (Å²) in [5, 5.41) is 9.18. The van der Waals surface area contributed by atoms with E-state index >= 15 is 0 Å². The summed E-state index contributed by atoms with van der Waals surface area (Å²) >= 11 is 6.00. The van der Waals surface area contributed by atoms with Gasteiger partial charge in [-0.25, -0.2) is 4.39 Å². The van der Waals surface area contributed by atoms with Gasteiger partial charge in [0.1, 0.15) is 5.82 Å². The quantitative estimate of drug-likeness (QED) is 0.876. The lowest BCUT2D eigenvalue weighted by atomic mass is 10.1. The van der Waals surface area contributed by atoms with Gasteiger partial charge in [0.2, 0.25) is 0 Å². The molecule has 0 bridgehead atoms. The topological polar surface area (TPSA) is 60.9 Å². The summed E-state index contributed by atoms with van der Waals surface area (Å²) in [5.74, 6) is -0.855. The van der Waals surface area contributed by atoms with Crippen molar-refractivity contribution < 1.29 is 19.1 Å². The lowest BCUT2D eigenvalue weighted by Gasteiger charge is -2.22. The molecule has 0 radical (unpaired) electrons. The van der Waals surface area contributed by atoms with Crippen molar-refractivity contribution in [1.82, 2.24) is 9.80 Å². The Kier molecular flexibility index (Phi) is 6.08. The molecule has 1 heterocycles. The van der Waals surface area contributed by atoms with E-state index in [9.17, 15) is 14.0 Å². The van der Waals surface area contributed by atoms with Gasteiger partial charge in [-0.05, 0) is 42.3 Å². The molecule has 2 aromatic rings. The number of hydrogen-bond acceptors (Lipinski definition) is 3. The molecular formula is C20H20ClFN2O3. The molecule has 3 rings (SSSR count). The number of aliphatic hydroxyl groups excluding tert-OH is 1. The van der Waals surface area contributed by atoms with Crippen LogP contribution in [0.25, 0.3) is 0 Å². The highest BCUT2D eigenvalue weighted by molar-refractivity contribution is 6.33. The number of rotatable bonds is 3. The standard InChI is InChI=1S/C20H20ClFN2O3/c21-18-12-16(22)6-7-17(18)20(27)24-9-1-8-23(10-11-24)19(26)15-4-2-14(13-25)3-5-15/h2-7,12,25H,1,8-11,13H2. The van der Waals surface area contributed by atoms with Gasteiger partial charge in [0.05, 0.1) is 17.2 Å². The van der Waals surface area contributed by atoms with Crippen LogP contribution in [0.3, 0.4) is 0 Å². The third-order valence-electron chi connectivity index (χ3n) is 4.62. The molecule has 2 aromatic carbocycles. The van der Waals surface area contributed by atoms with Gasteiger partial charge >= 0.3 is 0 Å². The molecule has 0 aliphatic carbocycles. The average molecular weight is 391 g/mol. The van der Waals surface area contributed by atoms with Crippen LogP contribution in [0.15, 0.2) is 42.5 Å². The zero-order valence-electron chi connectivity index (χ0n) is 14.7. The highest BCUT2D eigenvalue weighted by Crippen LogP contribution is 2.20. The van der Waals surface area contributed by atoms with E-state index in [4.69, 9.17) is 16.7 Å². The van der Waals surface area contributed by atoms with Gasteiger partial charge in [0, 0.05) is 31.7 Å². The van der Waals surface area contributed by atoms with Crippen molar-refractivity contribution in [2.24, 2.45) is 0 Å². The Morgan fingerprint density at radius 2 is 1.59 bits per heavy atom. The van der Waals surface area contributed by atoms with E-state index in [2.05, 4.69) is 0 Å². The van der Waals surface area contributed by atoms with E-state index in [1.165, 1.54) is 12.1 Å². The third-order valence-corrected chi connectivity index (χ3v) is 4.93. The SMILES string of the molecule is O=C(c1ccc(CO)cc1)N1CCCN(C(=O)c2ccc(F)cc2Cl)CC1. The van der Waals surface area contributed by atoms with Crippen LogP contribution in [0.2, 0.25) is 5.02 Å². The highest BCUT2D eigenvalue weighted by Gasteiger charge is 2.24. The van der Waals surface area contributed by atoms with Crippen LogP contribution in [0.4, 0.5) is 4.39 Å². The van der Waals surface area contributed by atoms with Gasteiger partial charge in [-0.3, -0.25) is 9.59 Å². The van der Waals surface area contributed by atoms with Gasteiger partial charge in [-0.15, -0.1) is 0 Å². The lowest BCUT2D eigenvalue weighted by Crippen LogP contribution is -2.37. The minimum atomic E-state index is -0.489. The van der Waals surface area contributed by atoms with Gasteiger partial charge in [0.25, 0.3) is 11.8 Å². The van der Waals surface area contributed by atoms with E-state index in [1.807, 2.05) is 0 Å². The Bertz CT molecular complexity index is 842. The average Bonchev–Trinajstić information content (AvgIpc) is 2.93. The van der Waals surface area contributed by atoms with Crippen molar-refractivity contribution >= 4 is 23.4 Å². The molecule has 27 heavy (non-hydrogen) atoms. The van der Waals surface area contributed by atoms with Crippen LogP contribution in [0.5, 0.6) is 0 Å². The first-order chi connectivity index (χ1) is 13.0.